The van der Waals surface area contributed by atoms with Crippen molar-refractivity contribution >= 4 is 11.4 Å². The minimum atomic E-state index is -4.56. The van der Waals surface area contributed by atoms with E-state index in [9.17, 15) is 17.6 Å². The molecule has 0 heterocycles. The van der Waals surface area contributed by atoms with Crippen LogP contribution in [-0.4, -0.2) is 30.8 Å². The van der Waals surface area contributed by atoms with Crippen molar-refractivity contribution in [3.8, 4) is 5.75 Å². The van der Waals surface area contributed by atoms with Crippen molar-refractivity contribution in [2.75, 3.05) is 24.2 Å². The first kappa shape index (κ1) is 14.4. The van der Waals surface area contributed by atoms with Crippen LogP contribution in [0.5, 0.6) is 5.75 Å². The average molecular weight is 268 g/mol. The molecule has 0 atom stereocenters. The Morgan fingerprint density at radius 2 is 2.06 bits per heavy atom. The molecule has 0 amide bonds. The molecule has 0 aliphatic rings. The van der Waals surface area contributed by atoms with Crippen molar-refractivity contribution in [2.45, 2.75) is 12.5 Å². The van der Waals surface area contributed by atoms with Gasteiger partial charge >= 0.3 is 12.5 Å². The molecule has 102 valence electrons. The maximum absolute atomic E-state index is 12.6. The van der Waals surface area contributed by atoms with Crippen molar-refractivity contribution in [3.05, 3.63) is 18.2 Å². The van der Waals surface area contributed by atoms with E-state index >= 15 is 0 Å². The van der Waals surface area contributed by atoms with E-state index in [2.05, 4.69) is 10.1 Å². The molecule has 0 aromatic heterocycles. The maximum Gasteiger partial charge on any atom is 0.461 e. The van der Waals surface area contributed by atoms with Crippen LogP contribution in [0.4, 0.5) is 28.9 Å². The monoisotopic (exact) mass is 268 g/mol. The number of anilines is 2. The molecule has 0 saturated carbocycles. The van der Waals surface area contributed by atoms with Crippen LogP contribution in [0, 0.1) is 0 Å². The summed E-state index contributed by atoms with van der Waals surface area (Å²) in [6, 6.07) is 3.37. The lowest BCUT2D eigenvalue weighted by Gasteiger charge is -2.17. The second-order valence-electron chi connectivity index (χ2n) is 3.36. The number of aliphatic hydroxyl groups excluding tert-OH is 1. The molecule has 0 aliphatic heterocycles. The molecule has 1 rings (SSSR count). The summed E-state index contributed by atoms with van der Waals surface area (Å²) in [7, 11) is 0. The Morgan fingerprint density at radius 3 is 2.56 bits per heavy atom. The van der Waals surface area contributed by atoms with E-state index in [1.807, 2.05) is 0 Å². The summed E-state index contributed by atoms with van der Waals surface area (Å²) in [4.78, 5) is 0. The van der Waals surface area contributed by atoms with Crippen LogP contribution >= 0.6 is 0 Å². The summed E-state index contributed by atoms with van der Waals surface area (Å²) in [5, 5.41) is 11.3. The molecule has 0 bridgehead atoms. The topological polar surface area (TPSA) is 67.5 Å². The van der Waals surface area contributed by atoms with Crippen LogP contribution in [0.3, 0.4) is 0 Å². The third-order valence-corrected chi connectivity index (χ3v) is 1.96. The zero-order chi connectivity index (χ0) is 13.8. The van der Waals surface area contributed by atoms with Crippen LogP contribution < -0.4 is 15.8 Å². The van der Waals surface area contributed by atoms with Gasteiger partial charge in [-0.15, -0.1) is 0 Å². The number of ether oxygens (including phenoxy) is 1. The molecule has 1 aromatic rings. The summed E-state index contributed by atoms with van der Waals surface area (Å²) >= 11 is 0. The summed E-state index contributed by atoms with van der Waals surface area (Å²) in [6.45, 7) is 0.0821. The molecule has 0 radical (unpaired) electrons. The van der Waals surface area contributed by atoms with Crippen LogP contribution in [0.15, 0.2) is 18.2 Å². The van der Waals surface area contributed by atoms with Gasteiger partial charge in [0.25, 0.3) is 0 Å². The van der Waals surface area contributed by atoms with Gasteiger partial charge in [-0.25, -0.2) is 0 Å². The van der Waals surface area contributed by atoms with Gasteiger partial charge in [-0.1, -0.05) is 0 Å². The van der Waals surface area contributed by atoms with Gasteiger partial charge in [0, 0.05) is 12.6 Å². The standard InChI is InChI=1S/C10H12F4N2O2/c11-9(12)10(13,14)18-6-1-2-8(7(15)5-6)16-3-4-17/h1-2,5,9,16-17H,3-4,15H2. The van der Waals surface area contributed by atoms with Gasteiger partial charge in [0.1, 0.15) is 5.75 Å². The number of alkyl halides is 4. The largest absolute Gasteiger partial charge is 0.461 e. The third kappa shape index (κ3) is 3.66. The number of benzene rings is 1. The Bertz CT molecular complexity index is 401. The zero-order valence-corrected chi connectivity index (χ0v) is 9.17. The fraction of sp³-hybridized carbons (Fsp3) is 0.400. The molecule has 0 spiro atoms. The Labute approximate surface area is 100 Å². The quantitative estimate of drug-likeness (QED) is 0.544. The van der Waals surface area contributed by atoms with Crippen LogP contribution in [0.1, 0.15) is 0 Å². The second-order valence-corrected chi connectivity index (χ2v) is 3.36. The van der Waals surface area contributed by atoms with Crippen molar-refractivity contribution in [3.63, 3.8) is 0 Å². The molecule has 8 heteroatoms. The Balaban J connectivity index is 2.78. The van der Waals surface area contributed by atoms with Crippen LogP contribution in [0.2, 0.25) is 0 Å². The molecule has 0 aliphatic carbocycles. The van der Waals surface area contributed by atoms with Crippen LogP contribution in [-0.2, 0) is 0 Å². The van der Waals surface area contributed by atoms with Gasteiger partial charge < -0.3 is 20.9 Å². The molecular formula is C10H12F4N2O2. The van der Waals surface area contributed by atoms with Crippen molar-refractivity contribution in [2.24, 2.45) is 0 Å². The third-order valence-electron chi connectivity index (χ3n) is 1.96. The van der Waals surface area contributed by atoms with E-state index in [1.54, 1.807) is 0 Å². The summed E-state index contributed by atoms with van der Waals surface area (Å²) in [5.74, 6) is -0.465. The number of rotatable bonds is 6. The van der Waals surface area contributed by atoms with Gasteiger partial charge in [-0.05, 0) is 12.1 Å². The first-order valence-corrected chi connectivity index (χ1v) is 4.96. The average Bonchev–Trinajstić information content (AvgIpc) is 2.27. The molecule has 18 heavy (non-hydrogen) atoms. The van der Waals surface area contributed by atoms with E-state index in [4.69, 9.17) is 10.8 Å². The molecule has 0 saturated heterocycles. The van der Waals surface area contributed by atoms with Gasteiger partial charge in [-0.3, -0.25) is 0 Å². The predicted molar refractivity (Wildman–Crippen MR) is 58.0 cm³/mol. The second kappa shape index (κ2) is 5.76. The molecule has 1 aromatic carbocycles. The lowest BCUT2D eigenvalue weighted by molar-refractivity contribution is -0.253. The predicted octanol–water partition coefficient (Wildman–Crippen LogP) is 1.91. The molecule has 0 unspecified atom stereocenters. The maximum atomic E-state index is 12.6. The lowest BCUT2D eigenvalue weighted by atomic mass is 10.2. The van der Waals surface area contributed by atoms with E-state index in [0.717, 1.165) is 12.1 Å². The van der Waals surface area contributed by atoms with E-state index in [0.29, 0.717) is 5.69 Å². The Hall–Kier alpha value is -1.70. The Kier molecular flexibility index (Phi) is 4.60. The lowest BCUT2D eigenvalue weighted by Crippen LogP contribution is -2.33. The first-order valence-electron chi connectivity index (χ1n) is 4.96. The highest BCUT2D eigenvalue weighted by molar-refractivity contribution is 5.68. The molecule has 0 fully saturated rings. The Morgan fingerprint density at radius 1 is 1.39 bits per heavy atom. The fourth-order valence-corrected chi connectivity index (χ4v) is 1.16. The SMILES string of the molecule is Nc1cc(OC(F)(F)C(F)F)ccc1NCCO. The van der Waals surface area contributed by atoms with Gasteiger partial charge in [-0.2, -0.15) is 17.6 Å². The number of nitrogens with one attached hydrogen (secondary N) is 1. The minimum absolute atomic E-state index is 0.0472. The number of nitrogens with two attached hydrogens (primary N) is 1. The number of hydrogen-bond acceptors (Lipinski definition) is 4. The highest BCUT2D eigenvalue weighted by Gasteiger charge is 2.44. The number of halogens is 4. The zero-order valence-electron chi connectivity index (χ0n) is 9.17. The van der Waals surface area contributed by atoms with E-state index < -0.39 is 18.3 Å². The first-order chi connectivity index (χ1) is 8.36. The van der Waals surface area contributed by atoms with Crippen molar-refractivity contribution in [1.82, 2.24) is 0 Å². The van der Waals surface area contributed by atoms with Crippen molar-refractivity contribution < 1.29 is 27.4 Å². The number of nitrogen functional groups attached to an aromatic ring is 1. The normalized spacial score (nSPS) is 11.7. The summed E-state index contributed by atoms with van der Waals surface area (Å²) in [6.07, 6.45) is -8.49. The van der Waals surface area contributed by atoms with Crippen LogP contribution in [0.25, 0.3) is 0 Å². The smallest absolute Gasteiger partial charge is 0.428 e. The summed E-state index contributed by atoms with van der Waals surface area (Å²) < 4.78 is 52.9. The highest BCUT2D eigenvalue weighted by Crippen LogP contribution is 2.30. The summed E-state index contributed by atoms with van der Waals surface area (Å²) in [5.41, 5.74) is 5.93. The molecule has 4 N–H and O–H groups in total. The van der Waals surface area contributed by atoms with Crippen molar-refractivity contribution in [1.29, 1.82) is 0 Å². The highest BCUT2D eigenvalue weighted by atomic mass is 19.3. The van der Waals surface area contributed by atoms with Gasteiger partial charge in [0.15, 0.2) is 0 Å². The van der Waals surface area contributed by atoms with E-state index in [-0.39, 0.29) is 18.8 Å². The molecule has 4 nitrogen and oxygen atoms in total. The van der Waals surface area contributed by atoms with E-state index in [1.165, 1.54) is 6.07 Å². The minimum Gasteiger partial charge on any atom is -0.428 e. The van der Waals surface area contributed by atoms with Gasteiger partial charge in [0.05, 0.1) is 18.0 Å². The number of hydrogen-bond donors (Lipinski definition) is 3. The van der Waals surface area contributed by atoms with Gasteiger partial charge in [0.2, 0.25) is 0 Å². The number of aliphatic hydroxyl groups is 1. The fourth-order valence-electron chi connectivity index (χ4n) is 1.16. The molecular weight excluding hydrogens is 256 g/mol.